The number of para-hydroxylation sites is 3. The lowest BCUT2D eigenvalue weighted by atomic mass is 10.1. The van der Waals surface area contributed by atoms with Crippen molar-refractivity contribution in [3.63, 3.8) is 0 Å². The molecule has 1 atom stereocenters. The van der Waals surface area contributed by atoms with Crippen molar-refractivity contribution in [3.05, 3.63) is 59.9 Å². The van der Waals surface area contributed by atoms with Gasteiger partial charge in [0.1, 0.15) is 17.6 Å². The average molecular weight is 317 g/mol. The van der Waals surface area contributed by atoms with Gasteiger partial charge in [0.25, 0.3) is 0 Å². The molecule has 0 fully saturated rings. The molecule has 0 radical (unpaired) electrons. The molecule has 0 spiro atoms. The number of hydrogen-bond acceptors (Lipinski definition) is 3. The number of nitrogens with zero attached hydrogens (tertiary/aromatic N) is 2. The van der Waals surface area contributed by atoms with Crippen LogP contribution < -0.4 is 4.74 Å². The highest BCUT2D eigenvalue weighted by atomic mass is 16.5. The Labute approximate surface area is 141 Å². The Morgan fingerprint density at radius 2 is 2.00 bits per heavy atom. The summed E-state index contributed by atoms with van der Waals surface area (Å²) in [5.74, 6) is 1.34. The molecule has 24 heavy (non-hydrogen) atoms. The molecule has 0 bridgehead atoms. The molecule has 0 aliphatic carbocycles. The second kappa shape index (κ2) is 7.01. The van der Waals surface area contributed by atoms with E-state index in [1.54, 1.807) is 0 Å². The lowest BCUT2D eigenvalue weighted by molar-refractivity contribution is 0.217. The van der Waals surface area contributed by atoms with Gasteiger partial charge in [0, 0.05) is 5.56 Å². The first kappa shape index (κ1) is 15.8. The van der Waals surface area contributed by atoms with Crippen molar-refractivity contribution >= 4 is 22.7 Å². The highest BCUT2D eigenvalue weighted by molar-refractivity contribution is 5.91. The molecule has 1 aromatic heterocycles. The smallest absolute Gasteiger partial charge is 0.149 e. The molecule has 3 aromatic rings. The summed E-state index contributed by atoms with van der Waals surface area (Å²) in [4.78, 5) is 7.70. The van der Waals surface area contributed by atoms with Crippen LogP contribution in [0.3, 0.4) is 0 Å². The number of imidazole rings is 1. The molecular weight excluding hydrogens is 298 g/mol. The average Bonchev–Trinajstić information content (AvgIpc) is 3.04. The molecular formula is C20H19N3O. The van der Waals surface area contributed by atoms with Crippen LogP contribution in [0.25, 0.3) is 22.7 Å². The number of fused-ring (bicyclic) bond motifs is 1. The molecule has 0 amide bonds. The van der Waals surface area contributed by atoms with Crippen LogP contribution in [-0.2, 0) is 0 Å². The molecule has 120 valence electrons. The van der Waals surface area contributed by atoms with Gasteiger partial charge in [-0.3, -0.25) is 0 Å². The Morgan fingerprint density at radius 3 is 2.75 bits per heavy atom. The number of allylic oxidation sites excluding steroid dienone is 1. The molecule has 4 nitrogen and oxygen atoms in total. The van der Waals surface area contributed by atoms with E-state index in [4.69, 9.17) is 4.74 Å². The molecule has 1 N–H and O–H groups in total. The van der Waals surface area contributed by atoms with Gasteiger partial charge in [0.05, 0.1) is 22.7 Å². The molecule has 4 heteroatoms. The van der Waals surface area contributed by atoms with Crippen molar-refractivity contribution in [2.24, 2.45) is 0 Å². The maximum atomic E-state index is 9.57. The summed E-state index contributed by atoms with van der Waals surface area (Å²) in [6, 6.07) is 17.7. The first-order valence-electron chi connectivity index (χ1n) is 8.04. The molecule has 0 unspecified atom stereocenters. The van der Waals surface area contributed by atoms with E-state index in [0.29, 0.717) is 11.4 Å². The Kier molecular flexibility index (Phi) is 4.62. The summed E-state index contributed by atoms with van der Waals surface area (Å²) in [6.45, 7) is 4.11. The number of aromatic amines is 1. The Hall–Kier alpha value is -3.06. The zero-order valence-corrected chi connectivity index (χ0v) is 13.8. The van der Waals surface area contributed by atoms with Gasteiger partial charge in [-0.1, -0.05) is 37.3 Å². The lowest BCUT2D eigenvalue weighted by Gasteiger charge is -2.14. The van der Waals surface area contributed by atoms with E-state index in [-0.39, 0.29) is 6.10 Å². The van der Waals surface area contributed by atoms with Crippen LogP contribution in [0, 0.1) is 11.3 Å². The van der Waals surface area contributed by atoms with E-state index in [1.165, 1.54) is 0 Å². The van der Waals surface area contributed by atoms with Gasteiger partial charge in [0.2, 0.25) is 0 Å². The normalized spacial score (nSPS) is 12.8. The third kappa shape index (κ3) is 3.31. The minimum Gasteiger partial charge on any atom is -0.490 e. The van der Waals surface area contributed by atoms with E-state index in [2.05, 4.69) is 23.0 Å². The van der Waals surface area contributed by atoms with Gasteiger partial charge < -0.3 is 9.72 Å². The lowest BCUT2D eigenvalue weighted by Crippen LogP contribution is -2.10. The second-order valence-electron chi connectivity index (χ2n) is 5.65. The molecule has 0 aliphatic rings. The molecule has 1 heterocycles. The summed E-state index contributed by atoms with van der Waals surface area (Å²) in [6.07, 6.45) is 2.86. The molecule has 0 aliphatic heterocycles. The zero-order valence-electron chi connectivity index (χ0n) is 13.8. The third-order valence-electron chi connectivity index (χ3n) is 3.89. The predicted molar refractivity (Wildman–Crippen MR) is 96.4 cm³/mol. The zero-order chi connectivity index (χ0) is 16.9. The van der Waals surface area contributed by atoms with E-state index < -0.39 is 0 Å². The van der Waals surface area contributed by atoms with Crippen molar-refractivity contribution in [1.82, 2.24) is 9.97 Å². The van der Waals surface area contributed by atoms with Crippen LogP contribution >= 0.6 is 0 Å². The maximum absolute atomic E-state index is 9.57. The number of nitrogens with one attached hydrogen (secondary N) is 1. The van der Waals surface area contributed by atoms with E-state index in [9.17, 15) is 5.26 Å². The molecule has 3 rings (SSSR count). The summed E-state index contributed by atoms with van der Waals surface area (Å²) in [5.41, 5.74) is 3.11. The number of aromatic nitrogens is 2. The largest absolute Gasteiger partial charge is 0.490 e. The van der Waals surface area contributed by atoms with Crippen molar-refractivity contribution in [3.8, 4) is 11.8 Å². The summed E-state index contributed by atoms with van der Waals surface area (Å²) in [7, 11) is 0. The minimum atomic E-state index is 0.122. The number of nitriles is 1. The standard InChI is InChI=1S/C20H19N3O/c1-3-14(2)24-19-11-7-4-8-15(19)12-16(13-21)20-22-17-9-5-6-10-18(17)23-20/h4-12,14H,3H2,1-2H3,(H,22,23)/b16-12+/t14-/m0/s1. The fourth-order valence-electron chi connectivity index (χ4n) is 2.40. The van der Waals surface area contributed by atoms with Crippen molar-refractivity contribution in [2.75, 3.05) is 0 Å². The maximum Gasteiger partial charge on any atom is 0.149 e. The SMILES string of the molecule is CC[C@H](C)Oc1ccccc1/C=C(\C#N)c1nc2ccccc2[nH]1. The van der Waals surface area contributed by atoms with Crippen LogP contribution in [-0.4, -0.2) is 16.1 Å². The van der Waals surface area contributed by atoms with Gasteiger partial charge in [-0.15, -0.1) is 0 Å². The number of ether oxygens (including phenoxy) is 1. The van der Waals surface area contributed by atoms with Crippen LogP contribution in [0.15, 0.2) is 48.5 Å². The fourth-order valence-corrected chi connectivity index (χ4v) is 2.40. The van der Waals surface area contributed by atoms with Crippen molar-refractivity contribution in [2.45, 2.75) is 26.4 Å². The number of benzene rings is 2. The highest BCUT2D eigenvalue weighted by Gasteiger charge is 2.10. The summed E-state index contributed by atoms with van der Waals surface area (Å²) < 4.78 is 5.95. The number of rotatable bonds is 5. The van der Waals surface area contributed by atoms with Crippen LogP contribution in [0.5, 0.6) is 5.75 Å². The quantitative estimate of drug-likeness (QED) is 0.687. The Morgan fingerprint density at radius 1 is 1.25 bits per heavy atom. The van der Waals surface area contributed by atoms with Gasteiger partial charge in [-0.05, 0) is 37.6 Å². The summed E-state index contributed by atoms with van der Waals surface area (Å²) >= 11 is 0. The van der Waals surface area contributed by atoms with Gasteiger partial charge >= 0.3 is 0 Å². The first-order valence-corrected chi connectivity index (χ1v) is 8.04. The van der Waals surface area contributed by atoms with Crippen LogP contribution in [0.2, 0.25) is 0 Å². The minimum absolute atomic E-state index is 0.122. The van der Waals surface area contributed by atoms with Gasteiger partial charge in [0.15, 0.2) is 0 Å². The Bertz CT molecular complexity index is 885. The van der Waals surface area contributed by atoms with Gasteiger partial charge in [-0.2, -0.15) is 5.26 Å². The van der Waals surface area contributed by atoms with E-state index in [1.807, 2.05) is 61.5 Å². The van der Waals surface area contributed by atoms with Crippen molar-refractivity contribution < 1.29 is 4.74 Å². The Balaban J connectivity index is 2.01. The number of H-pyrrole nitrogens is 1. The predicted octanol–water partition coefficient (Wildman–Crippen LogP) is 4.80. The third-order valence-corrected chi connectivity index (χ3v) is 3.89. The van der Waals surface area contributed by atoms with E-state index in [0.717, 1.165) is 28.8 Å². The topological polar surface area (TPSA) is 61.7 Å². The second-order valence-corrected chi connectivity index (χ2v) is 5.65. The number of hydrogen-bond donors (Lipinski definition) is 1. The molecule has 0 saturated carbocycles. The van der Waals surface area contributed by atoms with Crippen LogP contribution in [0.4, 0.5) is 0 Å². The fraction of sp³-hybridized carbons (Fsp3) is 0.200. The van der Waals surface area contributed by atoms with Crippen LogP contribution in [0.1, 0.15) is 31.7 Å². The first-order chi connectivity index (χ1) is 11.7. The monoisotopic (exact) mass is 317 g/mol. The van der Waals surface area contributed by atoms with Gasteiger partial charge in [-0.25, -0.2) is 4.98 Å². The van der Waals surface area contributed by atoms with E-state index >= 15 is 0 Å². The molecule has 2 aromatic carbocycles. The summed E-state index contributed by atoms with van der Waals surface area (Å²) in [5, 5.41) is 9.57. The van der Waals surface area contributed by atoms with Crippen molar-refractivity contribution in [1.29, 1.82) is 5.26 Å². The molecule has 0 saturated heterocycles. The highest BCUT2D eigenvalue weighted by Crippen LogP contribution is 2.25.